The topological polar surface area (TPSA) is 12.9 Å². The van der Waals surface area contributed by atoms with Gasteiger partial charge in [0.2, 0.25) is 0 Å². The summed E-state index contributed by atoms with van der Waals surface area (Å²) in [4.78, 5) is 4.19. The maximum absolute atomic E-state index is 5.90. The van der Waals surface area contributed by atoms with Crippen molar-refractivity contribution in [2.45, 2.75) is 0 Å². The van der Waals surface area contributed by atoms with Gasteiger partial charge in [-0.25, -0.2) is 0 Å². The van der Waals surface area contributed by atoms with Crippen molar-refractivity contribution in [1.82, 2.24) is 4.98 Å². The van der Waals surface area contributed by atoms with Crippen molar-refractivity contribution in [1.29, 1.82) is 0 Å². The van der Waals surface area contributed by atoms with Crippen LogP contribution in [-0.4, -0.2) is 4.98 Å². The van der Waals surface area contributed by atoms with Crippen LogP contribution in [0.5, 0.6) is 0 Å². The maximum Gasteiger partial charge on any atom is 0.0629 e. The van der Waals surface area contributed by atoms with Crippen LogP contribution in [0.15, 0.2) is 42.6 Å². The van der Waals surface area contributed by atoms with Gasteiger partial charge < -0.3 is 0 Å². The Kier molecular flexibility index (Phi) is 3.60. The number of aromatic nitrogens is 1. The van der Waals surface area contributed by atoms with Crippen LogP contribution < -0.4 is 0 Å². The third-order valence-electron chi connectivity index (χ3n) is 2.02. The predicted molar refractivity (Wildman–Crippen MR) is 69.6 cm³/mol. The molecule has 0 spiro atoms. The van der Waals surface area contributed by atoms with Gasteiger partial charge in [-0.05, 0) is 42.0 Å². The van der Waals surface area contributed by atoms with Gasteiger partial charge in [-0.15, -0.1) is 0 Å². The van der Waals surface area contributed by atoms with Gasteiger partial charge in [-0.2, -0.15) is 0 Å². The summed E-state index contributed by atoms with van der Waals surface area (Å²) < 4.78 is 0. The first kappa shape index (κ1) is 11.2. The van der Waals surface area contributed by atoms with E-state index in [2.05, 4.69) is 4.98 Å². The van der Waals surface area contributed by atoms with Crippen molar-refractivity contribution in [2.24, 2.45) is 0 Å². The number of hydrogen-bond acceptors (Lipinski definition) is 1. The van der Waals surface area contributed by atoms with E-state index in [9.17, 15) is 0 Å². The van der Waals surface area contributed by atoms with Crippen LogP contribution in [0.2, 0.25) is 10.0 Å². The summed E-state index contributed by atoms with van der Waals surface area (Å²) in [7, 11) is 0. The third-order valence-corrected chi connectivity index (χ3v) is 2.46. The molecule has 1 heterocycles. The molecule has 0 aliphatic rings. The fourth-order valence-corrected chi connectivity index (χ4v) is 1.87. The van der Waals surface area contributed by atoms with Crippen molar-refractivity contribution in [3.63, 3.8) is 0 Å². The van der Waals surface area contributed by atoms with Crippen LogP contribution in [-0.2, 0) is 0 Å². The molecule has 0 aliphatic heterocycles. The van der Waals surface area contributed by atoms with Gasteiger partial charge in [-0.3, -0.25) is 4.98 Å². The molecule has 3 heteroatoms. The van der Waals surface area contributed by atoms with E-state index in [0.717, 1.165) is 11.3 Å². The molecule has 0 radical (unpaired) electrons. The van der Waals surface area contributed by atoms with Crippen LogP contribution in [0.1, 0.15) is 11.3 Å². The quantitative estimate of drug-likeness (QED) is 0.761. The van der Waals surface area contributed by atoms with Crippen molar-refractivity contribution < 1.29 is 0 Å². The lowest BCUT2D eigenvalue weighted by Gasteiger charge is -1.97. The molecule has 2 aromatic rings. The van der Waals surface area contributed by atoms with Gasteiger partial charge in [0, 0.05) is 16.2 Å². The average molecular weight is 250 g/mol. The SMILES string of the molecule is Clc1cc(Cl)cc(C=Cc2ccccn2)c1. The van der Waals surface area contributed by atoms with E-state index in [0.29, 0.717) is 10.0 Å². The highest BCUT2D eigenvalue weighted by atomic mass is 35.5. The zero-order chi connectivity index (χ0) is 11.4. The molecule has 1 nitrogen and oxygen atoms in total. The highest BCUT2D eigenvalue weighted by Gasteiger charge is 1.94. The molecule has 1 aromatic heterocycles. The molecule has 2 rings (SSSR count). The van der Waals surface area contributed by atoms with E-state index in [1.165, 1.54) is 0 Å². The number of halogens is 2. The first-order chi connectivity index (χ1) is 7.74. The number of nitrogens with zero attached hydrogens (tertiary/aromatic N) is 1. The number of pyridine rings is 1. The minimum absolute atomic E-state index is 0.633. The summed E-state index contributed by atoms with van der Waals surface area (Å²) in [6.45, 7) is 0. The van der Waals surface area contributed by atoms with Crippen LogP contribution in [0, 0.1) is 0 Å². The Bertz CT molecular complexity index is 486. The van der Waals surface area contributed by atoms with Crippen molar-refractivity contribution >= 4 is 35.4 Å². The second kappa shape index (κ2) is 5.15. The molecular weight excluding hydrogens is 241 g/mol. The molecule has 80 valence electrons. The van der Waals surface area contributed by atoms with Gasteiger partial charge in [0.1, 0.15) is 0 Å². The normalized spacial score (nSPS) is 10.9. The summed E-state index contributed by atoms with van der Waals surface area (Å²) in [6, 6.07) is 11.2. The maximum atomic E-state index is 5.90. The number of rotatable bonds is 2. The second-order valence-electron chi connectivity index (χ2n) is 3.29. The Hall–Kier alpha value is -1.31. The van der Waals surface area contributed by atoms with Crippen LogP contribution in [0.4, 0.5) is 0 Å². The first-order valence-electron chi connectivity index (χ1n) is 4.79. The first-order valence-corrected chi connectivity index (χ1v) is 5.55. The summed E-state index contributed by atoms with van der Waals surface area (Å²) in [5.41, 5.74) is 1.86. The number of benzene rings is 1. The van der Waals surface area contributed by atoms with E-state index in [-0.39, 0.29) is 0 Å². The summed E-state index contributed by atoms with van der Waals surface area (Å²) in [5.74, 6) is 0. The minimum Gasteiger partial charge on any atom is -0.257 e. The average Bonchev–Trinajstić information content (AvgIpc) is 2.27. The molecule has 0 N–H and O–H groups in total. The lowest BCUT2D eigenvalue weighted by molar-refractivity contribution is 1.30. The molecule has 0 saturated heterocycles. The molecule has 0 atom stereocenters. The molecule has 0 fully saturated rings. The fraction of sp³-hybridized carbons (Fsp3) is 0. The molecule has 16 heavy (non-hydrogen) atoms. The van der Waals surface area contributed by atoms with Crippen LogP contribution >= 0.6 is 23.2 Å². The molecule has 0 aliphatic carbocycles. The molecule has 0 amide bonds. The fourth-order valence-electron chi connectivity index (χ4n) is 1.33. The third kappa shape index (κ3) is 3.09. The summed E-state index contributed by atoms with van der Waals surface area (Å²) >= 11 is 11.8. The van der Waals surface area contributed by atoms with Gasteiger partial charge in [0.25, 0.3) is 0 Å². The monoisotopic (exact) mass is 249 g/mol. The van der Waals surface area contributed by atoms with E-state index < -0.39 is 0 Å². The Morgan fingerprint density at radius 3 is 2.31 bits per heavy atom. The summed E-state index contributed by atoms with van der Waals surface area (Å²) in [5, 5.41) is 1.27. The highest BCUT2D eigenvalue weighted by molar-refractivity contribution is 6.34. The predicted octanol–water partition coefficient (Wildman–Crippen LogP) is 4.56. The van der Waals surface area contributed by atoms with Gasteiger partial charge in [-0.1, -0.05) is 35.3 Å². The van der Waals surface area contributed by atoms with Gasteiger partial charge in [0.15, 0.2) is 0 Å². The van der Waals surface area contributed by atoms with E-state index in [4.69, 9.17) is 23.2 Å². The number of hydrogen-bond donors (Lipinski definition) is 0. The van der Waals surface area contributed by atoms with Crippen molar-refractivity contribution in [3.8, 4) is 0 Å². The zero-order valence-corrected chi connectivity index (χ0v) is 9.91. The van der Waals surface area contributed by atoms with Crippen LogP contribution in [0.3, 0.4) is 0 Å². The highest BCUT2D eigenvalue weighted by Crippen LogP contribution is 2.20. The molecule has 0 unspecified atom stereocenters. The Morgan fingerprint density at radius 2 is 1.69 bits per heavy atom. The Labute approximate surface area is 104 Å². The Morgan fingerprint density at radius 1 is 0.938 bits per heavy atom. The van der Waals surface area contributed by atoms with Crippen LogP contribution in [0.25, 0.3) is 12.2 Å². The smallest absolute Gasteiger partial charge is 0.0629 e. The second-order valence-corrected chi connectivity index (χ2v) is 4.16. The van der Waals surface area contributed by atoms with Gasteiger partial charge in [0.05, 0.1) is 5.69 Å². The van der Waals surface area contributed by atoms with Crippen molar-refractivity contribution in [2.75, 3.05) is 0 Å². The Balaban J connectivity index is 2.24. The molecule has 0 saturated carbocycles. The van der Waals surface area contributed by atoms with E-state index in [1.54, 1.807) is 12.3 Å². The van der Waals surface area contributed by atoms with E-state index >= 15 is 0 Å². The standard InChI is InChI=1S/C13H9Cl2N/c14-11-7-10(8-12(15)9-11)4-5-13-3-1-2-6-16-13/h1-9H. The molecule has 0 bridgehead atoms. The zero-order valence-electron chi connectivity index (χ0n) is 8.40. The van der Waals surface area contributed by atoms with Gasteiger partial charge >= 0.3 is 0 Å². The minimum atomic E-state index is 0.633. The van der Waals surface area contributed by atoms with Crippen molar-refractivity contribution in [3.05, 3.63) is 63.9 Å². The lowest BCUT2D eigenvalue weighted by Crippen LogP contribution is -1.77. The lowest BCUT2D eigenvalue weighted by atomic mass is 10.2. The molecular formula is C13H9Cl2N. The summed E-state index contributed by atoms with van der Waals surface area (Å²) in [6.07, 6.45) is 5.60. The largest absolute Gasteiger partial charge is 0.257 e. The molecule has 1 aromatic carbocycles. The van der Waals surface area contributed by atoms with E-state index in [1.807, 2.05) is 42.5 Å².